The Morgan fingerprint density at radius 1 is 1.24 bits per heavy atom. The molecule has 0 saturated carbocycles. The van der Waals surface area contributed by atoms with Crippen molar-refractivity contribution in [3.8, 4) is 0 Å². The van der Waals surface area contributed by atoms with Crippen LogP contribution in [0.4, 0.5) is 5.69 Å². The molecule has 0 unspecified atom stereocenters. The lowest BCUT2D eigenvalue weighted by molar-refractivity contribution is -0.163. The van der Waals surface area contributed by atoms with Crippen molar-refractivity contribution in [2.45, 2.75) is 64.4 Å². The molecule has 1 aromatic carbocycles. The maximum absolute atomic E-state index is 13.4. The van der Waals surface area contributed by atoms with Crippen molar-refractivity contribution in [3.05, 3.63) is 29.8 Å². The van der Waals surface area contributed by atoms with Gasteiger partial charge in [-0.05, 0) is 18.4 Å². The van der Waals surface area contributed by atoms with Crippen LogP contribution in [0.2, 0.25) is 0 Å². The predicted octanol–water partition coefficient (Wildman–Crippen LogP) is 1.28. The van der Waals surface area contributed by atoms with Crippen LogP contribution in [-0.4, -0.2) is 46.8 Å². The number of piperazine rings is 1. The Kier molecular flexibility index (Phi) is 4.40. The van der Waals surface area contributed by atoms with Gasteiger partial charge in [0.1, 0.15) is 12.1 Å². The molecule has 0 bridgehead atoms. The van der Waals surface area contributed by atoms with Gasteiger partial charge in [-0.3, -0.25) is 24.1 Å². The number of anilines is 1. The first kappa shape index (κ1) is 19.4. The summed E-state index contributed by atoms with van der Waals surface area (Å²) in [5.41, 5.74) is -0.0203. The number of esters is 1. The Morgan fingerprint density at radius 3 is 2.55 bits per heavy atom. The number of carbonyl (C=O) groups is 4. The van der Waals surface area contributed by atoms with Crippen LogP contribution in [0.25, 0.3) is 0 Å². The number of hydrogen-bond donors (Lipinski definition) is 1. The zero-order chi connectivity index (χ0) is 21.1. The van der Waals surface area contributed by atoms with Crippen molar-refractivity contribution >= 4 is 29.4 Å². The number of nitrogens with zero attached hydrogens (tertiary/aromatic N) is 2. The molecule has 0 aliphatic carbocycles. The number of ether oxygens (including phenoxy) is 1. The van der Waals surface area contributed by atoms with Crippen LogP contribution in [-0.2, 0) is 29.5 Å². The summed E-state index contributed by atoms with van der Waals surface area (Å²) in [6, 6.07) is 5.69. The fourth-order valence-corrected chi connectivity index (χ4v) is 5.02. The summed E-state index contributed by atoms with van der Waals surface area (Å²) in [6.07, 6.45) is -0.266. The molecule has 3 heterocycles. The van der Waals surface area contributed by atoms with Gasteiger partial charge in [-0.25, -0.2) is 0 Å². The van der Waals surface area contributed by atoms with E-state index in [9.17, 15) is 19.2 Å². The zero-order valence-corrected chi connectivity index (χ0v) is 17.0. The van der Waals surface area contributed by atoms with E-state index >= 15 is 0 Å². The third-order valence-corrected chi connectivity index (χ3v) is 5.92. The minimum Gasteiger partial charge on any atom is -0.450 e. The maximum Gasteiger partial charge on any atom is 0.303 e. The molecule has 1 aromatic rings. The number of nitrogens with one attached hydrogen (secondary N) is 1. The third-order valence-electron chi connectivity index (χ3n) is 5.92. The minimum atomic E-state index is -1.27. The number of amides is 3. The molecule has 3 amide bonds. The lowest BCUT2D eigenvalue weighted by Gasteiger charge is -2.41. The number of rotatable bonds is 3. The van der Waals surface area contributed by atoms with E-state index in [0.717, 1.165) is 0 Å². The van der Waals surface area contributed by atoms with Crippen molar-refractivity contribution in [1.82, 2.24) is 10.2 Å². The Balaban J connectivity index is 1.88. The summed E-state index contributed by atoms with van der Waals surface area (Å²) < 4.78 is 5.83. The highest BCUT2D eigenvalue weighted by Crippen LogP contribution is 2.55. The second-order valence-electron chi connectivity index (χ2n) is 8.42. The maximum atomic E-state index is 13.4. The molecule has 0 spiro atoms. The van der Waals surface area contributed by atoms with Gasteiger partial charge in [-0.1, -0.05) is 32.0 Å². The summed E-state index contributed by atoms with van der Waals surface area (Å²) >= 11 is 0. The molecular weight excluding hydrogens is 374 g/mol. The fraction of sp³-hybridized carbons (Fsp3) is 0.524. The van der Waals surface area contributed by atoms with Crippen molar-refractivity contribution in [2.75, 3.05) is 4.90 Å². The van der Waals surface area contributed by atoms with E-state index in [0.29, 0.717) is 17.7 Å². The first-order chi connectivity index (χ1) is 13.7. The topological polar surface area (TPSA) is 96.0 Å². The normalized spacial score (nSPS) is 30.0. The molecule has 1 N–H and O–H groups in total. The first-order valence-electron chi connectivity index (χ1n) is 9.89. The van der Waals surface area contributed by atoms with Gasteiger partial charge in [0.25, 0.3) is 0 Å². The van der Waals surface area contributed by atoms with Gasteiger partial charge >= 0.3 is 5.97 Å². The Hall–Kier alpha value is -2.90. The summed E-state index contributed by atoms with van der Waals surface area (Å²) in [5, 5.41) is 2.82. The second-order valence-corrected chi connectivity index (χ2v) is 8.42. The van der Waals surface area contributed by atoms with E-state index in [1.807, 2.05) is 13.8 Å². The van der Waals surface area contributed by atoms with Gasteiger partial charge in [0.15, 0.2) is 11.8 Å². The smallest absolute Gasteiger partial charge is 0.303 e. The second kappa shape index (κ2) is 6.57. The predicted molar refractivity (Wildman–Crippen MR) is 103 cm³/mol. The van der Waals surface area contributed by atoms with Crippen LogP contribution in [0.5, 0.6) is 0 Å². The standard InChI is InChI=1S/C21H25N3O5/c1-11(2)9-15-19(28)24-17(18(27)22-15)10-21(29-13(4)26)14-7-5-6-8-16(14)23(12(3)25)20(21)24/h5-8,11,15,17,20H,9-10H2,1-4H3,(H,22,27)/t15-,17+,20-,21+/m1/s1. The fourth-order valence-electron chi connectivity index (χ4n) is 5.02. The number of fused-ring (bicyclic) bond motifs is 5. The van der Waals surface area contributed by atoms with Crippen LogP contribution >= 0.6 is 0 Å². The number of benzene rings is 1. The minimum absolute atomic E-state index is 0.115. The Bertz CT molecular complexity index is 913. The van der Waals surface area contributed by atoms with Crippen LogP contribution < -0.4 is 10.2 Å². The Labute approximate surface area is 169 Å². The molecule has 3 aliphatic heterocycles. The average Bonchev–Trinajstić information content (AvgIpc) is 3.08. The molecule has 4 atom stereocenters. The van der Waals surface area contributed by atoms with Crippen molar-refractivity contribution in [3.63, 3.8) is 0 Å². The monoisotopic (exact) mass is 399 g/mol. The largest absolute Gasteiger partial charge is 0.450 e. The van der Waals surface area contributed by atoms with E-state index < -0.39 is 29.8 Å². The molecule has 2 saturated heterocycles. The molecule has 8 nitrogen and oxygen atoms in total. The van der Waals surface area contributed by atoms with Gasteiger partial charge in [-0.2, -0.15) is 0 Å². The highest BCUT2D eigenvalue weighted by Gasteiger charge is 2.68. The van der Waals surface area contributed by atoms with E-state index in [1.54, 1.807) is 24.3 Å². The Morgan fingerprint density at radius 2 is 1.93 bits per heavy atom. The summed E-state index contributed by atoms with van der Waals surface area (Å²) in [4.78, 5) is 54.0. The lowest BCUT2D eigenvalue weighted by atomic mass is 9.90. The molecule has 2 fully saturated rings. The van der Waals surface area contributed by atoms with Crippen molar-refractivity contribution < 1.29 is 23.9 Å². The van der Waals surface area contributed by atoms with E-state index in [2.05, 4.69) is 5.32 Å². The lowest BCUT2D eigenvalue weighted by Crippen LogP contribution is -2.66. The molecular formula is C21H25N3O5. The first-order valence-corrected chi connectivity index (χ1v) is 9.89. The van der Waals surface area contributed by atoms with Crippen LogP contribution in [0, 0.1) is 5.92 Å². The van der Waals surface area contributed by atoms with Gasteiger partial charge in [0.2, 0.25) is 17.7 Å². The van der Waals surface area contributed by atoms with E-state index in [1.165, 1.54) is 23.6 Å². The third kappa shape index (κ3) is 2.73. The van der Waals surface area contributed by atoms with Gasteiger partial charge < -0.3 is 15.0 Å². The molecule has 8 heteroatoms. The number of carbonyl (C=O) groups excluding carboxylic acids is 4. The summed E-state index contributed by atoms with van der Waals surface area (Å²) in [5.74, 6) is -1.14. The number of hydrogen-bond acceptors (Lipinski definition) is 5. The van der Waals surface area contributed by atoms with Crippen molar-refractivity contribution in [2.24, 2.45) is 5.92 Å². The van der Waals surface area contributed by atoms with Crippen LogP contribution in [0.3, 0.4) is 0 Å². The molecule has 154 valence electrons. The average molecular weight is 399 g/mol. The van der Waals surface area contributed by atoms with E-state index in [-0.39, 0.29) is 30.1 Å². The van der Waals surface area contributed by atoms with Crippen molar-refractivity contribution in [1.29, 1.82) is 0 Å². The highest BCUT2D eigenvalue weighted by molar-refractivity contribution is 6.02. The molecule has 4 rings (SSSR count). The van der Waals surface area contributed by atoms with Gasteiger partial charge in [-0.15, -0.1) is 0 Å². The zero-order valence-electron chi connectivity index (χ0n) is 17.0. The van der Waals surface area contributed by atoms with Gasteiger partial charge in [0, 0.05) is 25.8 Å². The molecule has 0 radical (unpaired) electrons. The highest BCUT2D eigenvalue weighted by atomic mass is 16.6. The number of para-hydroxylation sites is 1. The molecule has 29 heavy (non-hydrogen) atoms. The molecule has 0 aromatic heterocycles. The summed E-state index contributed by atoms with van der Waals surface area (Å²) in [7, 11) is 0. The SMILES string of the molecule is CC(=O)O[C@]12C[C@H]3C(=O)N[C@H](CC(C)C)C(=O)N3[C@H]1N(C(C)=O)c1ccccc12. The van der Waals surface area contributed by atoms with Gasteiger partial charge in [0.05, 0.1) is 5.69 Å². The van der Waals surface area contributed by atoms with Crippen LogP contribution in [0.15, 0.2) is 24.3 Å². The van der Waals surface area contributed by atoms with Crippen LogP contribution in [0.1, 0.15) is 46.1 Å². The quantitative estimate of drug-likeness (QED) is 0.773. The summed E-state index contributed by atoms with van der Waals surface area (Å²) in [6.45, 7) is 6.66. The molecule has 3 aliphatic rings. The van der Waals surface area contributed by atoms with E-state index in [4.69, 9.17) is 4.74 Å².